The molecule has 0 atom stereocenters. The van der Waals surface area contributed by atoms with Crippen LogP contribution < -0.4 is 10.5 Å². The van der Waals surface area contributed by atoms with Crippen molar-refractivity contribution in [2.45, 2.75) is 31.1 Å². The number of benzene rings is 1. The maximum atomic E-state index is 12.4. The SMILES string of the molecule is Cc1cc(NS(=O)(=O)c2ccc3c(c2)CCC3)ncc1N. The number of aryl methyl sites for hydroxylation is 3. The van der Waals surface area contributed by atoms with Gasteiger partial charge in [0.1, 0.15) is 5.82 Å². The van der Waals surface area contributed by atoms with Crippen molar-refractivity contribution in [3.8, 4) is 0 Å². The van der Waals surface area contributed by atoms with Crippen LogP contribution in [0.25, 0.3) is 0 Å². The smallest absolute Gasteiger partial charge is 0.263 e. The van der Waals surface area contributed by atoms with Gasteiger partial charge in [0.25, 0.3) is 10.0 Å². The molecule has 1 aliphatic carbocycles. The molecule has 1 aromatic carbocycles. The van der Waals surface area contributed by atoms with Crippen LogP contribution in [0.1, 0.15) is 23.1 Å². The molecule has 5 nitrogen and oxygen atoms in total. The molecule has 3 rings (SSSR count). The Kier molecular flexibility index (Phi) is 3.33. The molecule has 21 heavy (non-hydrogen) atoms. The number of nitrogens with zero attached hydrogens (tertiary/aromatic N) is 1. The molecule has 0 fully saturated rings. The van der Waals surface area contributed by atoms with Crippen LogP contribution in [0.3, 0.4) is 0 Å². The van der Waals surface area contributed by atoms with Crippen molar-refractivity contribution in [3.63, 3.8) is 0 Å². The lowest BCUT2D eigenvalue weighted by Crippen LogP contribution is -2.14. The molecule has 0 saturated heterocycles. The van der Waals surface area contributed by atoms with Crippen LogP contribution in [0.2, 0.25) is 0 Å². The van der Waals surface area contributed by atoms with Crippen molar-refractivity contribution in [1.29, 1.82) is 0 Å². The number of anilines is 2. The standard InChI is InChI=1S/C15H17N3O2S/c1-10-7-15(17-9-14(10)16)18-21(19,20)13-6-5-11-3-2-4-12(11)8-13/h5-9H,2-4,16H2,1H3,(H,17,18). The molecule has 0 unspecified atom stereocenters. The zero-order valence-corrected chi connectivity index (χ0v) is 12.6. The molecule has 0 spiro atoms. The lowest BCUT2D eigenvalue weighted by atomic mass is 10.1. The van der Waals surface area contributed by atoms with Crippen LogP contribution >= 0.6 is 0 Å². The normalized spacial score (nSPS) is 14.0. The van der Waals surface area contributed by atoms with Crippen molar-refractivity contribution in [1.82, 2.24) is 4.98 Å². The van der Waals surface area contributed by atoms with E-state index in [9.17, 15) is 8.42 Å². The van der Waals surface area contributed by atoms with E-state index in [0.717, 1.165) is 30.4 Å². The van der Waals surface area contributed by atoms with Crippen molar-refractivity contribution < 1.29 is 8.42 Å². The summed E-state index contributed by atoms with van der Waals surface area (Å²) >= 11 is 0. The summed E-state index contributed by atoms with van der Waals surface area (Å²) in [5, 5.41) is 0. The van der Waals surface area contributed by atoms with Gasteiger partial charge in [-0.15, -0.1) is 0 Å². The summed E-state index contributed by atoms with van der Waals surface area (Å²) in [5.74, 6) is 0.280. The predicted molar refractivity (Wildman–Crippen MR) is 82.7 cm³/mol. The number of nitrogens with two attached hydrogens (primary N) is 1. The van der Waals surface area contributed by atoms with Crippen LogP contribution in [0.5, 0.6) is 0 Å². The van der Waals surface area contributed by atoms with Gasteiger partial charge in [-0.2, -0.15) is 0 Å². The average Bonchev–Trinajstić information content (AvgIpc) is 2.90. The summed E-state index contributed by atoms with van der Waals surface area (Å²) in [6.07, 6.45) is 4.51. The van der Waals surface area contributed by atoms with Crippen molar-refractivity contribution >= 4 is 21.5 Å². The third-order valence-corrected chi connectivity index (χ3v) is 5.12. The Morgan fingerprint density at radius 3 is 2.71 bits per heavy atom. The Labute approximate surface area is 124 Å². The summed E-state index contributed by atoms with van der Waals surface area (Å²) in [4.78, 5) is 4.28. The van der Waals surface area contributed by atoms with Gasteiger partial charge in [0.15, 0.2) is 0 Å². The summed E-state index contributed by atoms with van der Waals surface area (Å²) in [6, 6.07) is 6.93. The van der Waals surface area contributed by atoms with Gasteiger partial charge in [0.2, 0.25) is 0 Å². The quantitative estimate of drug-likeness (QED) is 0.911. The van der Waals surface area contributed by atoms with E-state index in [1.807, 2.05) is 13.0 Å². The molecule has 0 amide bonds. The van der Waals surface area contributed by atoms with Crippen molar-refractivity contribution in [3.05, 3.63) is 47.2 Å². The fraction of sp³-hybridized carbons (Fsp3) is 0.267. The number of hydrogen-bond acceptors (Lipinski definition) is 4. The molecule has 0 aliphatic heterocycles. The van der Waals surface area contributed by atoms with E-state index >= 15 is 0 Å². The Bertz CT molecular complexity index is 801. The summed E-state index contributed by atoms with van der Waals surface area (Å²) in [5.41, 5.74) is 9.38. The first-order valence-electron chi connectivity index (χ1n) is 6.82. The fourth-order valence-electron chi connectivity index (χ4n) is 2.53. The molecular formula is C15H17N3O2S. The number of nitrogens with one attached hydrogen (secondary N) is 1. The Morgan fingerprint density at radius 1 is 1.19 bits per heavy atom. The minimum absolute atomic E-state index is 0.277. The highest BCUT2D eigenvalue weighted by Gasteiger charge is 2.19. The van der Waals surface area contributed by atoms with Crippen LogP contribution in [0, 0.1) is 6.92 Å². The second-order valence-electron chi connectivity index (χ2n) is 5.32. The Morgan fingerprint density at radius 2 is 1.95 bits per heavy atom. The van der Waals surface area contributed by atoms with Gasteiger partial charge in [0.05, 0.1) is 16.8 Å². The van der Waals surface area contributed by atoms with Crippen molar-refractivity contribution in [2.75, 3.05) is 10.5 Å². The predicted octanol–water partition coefficient (Wildman–Crippen LogP) is 2.26. The third kappa shape index (κ3) is 2.71. The molecule has 1 aromatic heterocycles. The molecule has 1 aliphatic rings. The van der Waals surface area contributed by atoms with Gasteiger partial charge < -0.3 is 5.73 Å². The maximum Gasteiger partial charge on any atom is 0.263 e. The third-order valence-electron chi connectivity index (χ3n) is 3.77. The highest BCUT2D eigenvalue weighted by Crippen LogP contribution is 2.25. The largest absolute Gasteiger partial charge is 0.397 e. The van der Waals surface area contributed by atoms with E-state index in [1.54, 1.807) is 18.2 Å². The second-order valence-corrected chi connectivity index (χ2v) is 7.00. The molecule has 0 radical (unpaired) electrons. The average molecular weight is 303 g/mol. The Hall–Kier alpha value is -2.08. The van der Waals surface area contributed by atoms with Crippen LogP contribution in [0.4, 0.5) is 11.5 Å². The summed E-state index contributed by atoms with van der Waals surface area (Å²) < 4.78 is 27.3. The molecule has 1 heterocycles. The van der Waals surface area contributed by atoms with Crippen LogP contribution in [0.15, 0.2) is 35.4 Å². The highest BCUT2D eigenvalue weighted by molar-refractivity contribution is 7.92. The summed E-state index contributed by atoms with van der Waals surface area (Å²) in [7, 11) is -3.62. The number of fused-ring (bicyclic) bond motifs is 1. The lowest BCUT2D eigenvalue weighted by Gasteiger charge is -2.10. The number of nitrogen functional groups attached to an aromatic ring is 1. The monoisotopic (exact) mass is 303 g/mol. The van der Waals surface area contributed by atoms with E-state index in [0.29, 0.717) is 5.69 Å². The molecule has 6 heteroatoms. The van der Waals surface area contributed by atoms with Crippen LogP contribution in [-0.4, -0.2) is 13.4 Å². The first-order valence-corrected chi connectivity index (χ1v) is 8.31. The van der Waals surface area contributed by atoms with Gasteiger partial charge in [-0.1, -0.05) is 6.07 Å². The molecule has 0 bridgehead atoms. The first kappa shape index (κ1) is 13.9. The Balaban J connectivity index is 1.91. The van der Waals surface area contributed by atoms with Crippen molar-refractivity contribution in [2.24, 2.45) is 0 Å². The zero-order chi connectivity index (χ0) is 15.0. The lowest BCUT2D eigenvalue weighted by molar-refractivity contribution is 0.601. The number of rotatable bonds is 3. The van der Waals surface area contributed by atoms with Gasteiger partial charge >= 0.3 is 0 Å². The van der Waals surface area contributed by atoms with E-state index in [4.69, 9.17) is 5.73 Å². The molecule has 3 N–H and O–H groups in total. The van der Waals surface area contributed by atoms with Gasteiger partial charge in [-0.3, -0.25) is 4.72 Å². The van der Waals surface area contributed by atoms with E-state index in [-0.39, 0.29) is 10.7 Å². The highest BCUT2D eigenvalue weighted by atomic mass is 32.2. The van der Waals surface area contributed by atoms with Crippen LogP contribution in [-0.2, 0) is 22.9 Å². The molecule has 2 aromatic rings. The number of pyridine rings is 1. The zero-order valence-electron chi connectivity index (χ0n) is 11.8. The van der Waals surface area contributed by atoms with E-state index in [2.05, 4.69) is 9.71 Å². The number of sulfonamides is 1. The minimum atomic E-state index is -3.62. The van der Waals surface area contributed by atoms with E-state index in [1.165, 1.54) is 11.8 Å². The minimum Gasteiger partial charge on any atom is -0.397 e. The number of hydrogen-bond donors (Lipinski definition) is 2. The summed E-state index contributed by atoms with van der Waals surface area (Å²) in [6.45, 7) is 1.81. The maximum absolute atomic E-state index is 12.4. The topological polar surface area (TPSA) is 85.1 Å². The second kappa shape index (κ2) is 5.04. The molecule has 0 saturated carbocycles. The van der Waals surface area contributed by atoms with E-state index < -0.39 is 10.0 Å². The molecule has 110 valence electrons. The van der Waals surface area contributed by atoms with Gasteiger partial charge in [-0.05, 0) is 61.1 Å². The molecular weight excluding hydrogens is 286 g/mol. The first-order chi connectivity index (χ1) is 9.95. The van der Waals surface area contributed by atoms with Gasteiger partial charge in [-0.25, -0.2) is 13.4 Å². The van der Waals surface area contributed by atoms with Gasteiger partial charge in [0, 0.05) is 0 Å². The number of aromatic nitrogens is 1. The fourth-order valence-corrected chi connectivity index (χ4v) is 3.58.